The van der Waals surface area contributed by atoms with Gasteiger partial charge in [0.1, 0.15) is 0 Å². The van der Waals surface area contributed by atoms with Gasteiger partial charge >= 0.3 is 0 Å². The maximum absolute atomic E-state index is 2.69. The van der Waals surface area contributed by atoms with Crippen molar-refractivity contribution in [3.63, 3.8) is 0 Å². The number of hydrogen-bond donors (Lipinski definition) is 0. The molecule has 5 unspecified atom stereocenters. The standard InChI is InChI=1S/C31H54/c1-7-15-27(6)24-28(8-2)31(23-14-16-25(3)4,29-18-10-9-11-19-29)30-20-13-12-17-26(5)21-22-30/h10,13,18-20,25-28,30H,7-9,11-12,14-17,21-24H2,1-6H3. The van der Waals surface area contributed by atoms with Gasteiger partial charge in [0, 0.05) is 5.41 Å². The summed E-state index contributed by atoms with van der Waals surface area (Å²) in [4.78, 5) is 0. The Kier molecular flexibility index (Phi) is 11.7. The quantitative estimate of drug-likeness (QED) is 0.272. The van der Waals surface area contributed by atoms with E-state index in [0.717, 1.165) is 23.7 Å². The molecule has 0 N–H and O–H groups in total. The molecule has 2 aliphatic rings. The Morgan fingerprint density at radius 3 is 2.42 bits per heavy atom. The summed E-state index contributed by atoms with van der Waals surface area (Å²) in [6.07, 6.45) is 30.4. The maximum Gasteiger partial charge on any atom is 0.00406 e. The third kappa shape index (κ3) is 7.64. The van der Waals surface area contributed by atoms with E-state index in [-0.39, 0.29) is 0 Å². The third-order valence-electron chi connectivity index (χ3n) is 8.42. The second-order valence-electron chi connectivity index (χ2n) is 11.5. The summed E-state index contributed by atoms with van der Waals surface area (Å²) < 4.78 is 0. The Morgan fingerprint density at radius 1 is 0.968 bits per heavy atom. The van der Waals surface area contributed by atoms with Gasteiger partial charge in [-0.1, -0.05) is 110 Å². The van der Waals surface area contributed by atoms with Gasteiger partial charge in [-0.3, -0.25) is 0 Å². The molecule has 0 aromatic rings. The van der Waals surface area contributed by atoms with Crippen LogP contribution in [-0.4, -0.2) is 0 Å². The van der Waals surface area contributed by atoms with Crippen LogP contribution in [0.3, 0.4) is 0 Å². The van der Waals surface area contributed by atoms with Gasteiger partial charge in [0.05, 0.1) is 0 Å². The van der Waals surface area contributed by atoms with Crippen molar-refractivity contribution in [1.29, 1.82) is 0 Å². The molecule has 0 bridgehead atoms. The molecule has 2 rings (SSSR count). The highest BCUT2D eigenvalue weighted by molar-refractivity contribution is 5.33. The molecule has 31 heavy (non-hydrogen) atoms. The van der Waals surface area contributed by atoms with Crippen LogP contribution in [0.2, 0.25) is 0 Å². The zero-order valence-electron chi connectivity index (χ0n) is 22.0. The van der Waals surface area contributed by atoms with Gasteiger partial charge in [0.25, 0.3) is 0 Å². The molecule has 5 atom stereocenters. The van der Waals surface area contributed by atoms with Crippen LogP contribution < -0.4 is 0 Å². The SMILES string of the molecule is CCCC(C)CC(CC)C(CCCC(C)C)(C1=CCCC=C1)C1C=CCCC(C)CC1. The summed E-state index contributed by atoms with van der Waals surface area (Å²) in [6, 6.07) is 0. The summed E-state index contributed by atoms with van der Waals surface area (Å²) in [7, 11) is 0. The molecule has 0 aromatic carbocycles. The fourth-order valence-corrected chi connectivity index (χ4v) is 6.66. The monoisotopic (exact) mass is 426 g/mol. The lowest BCUT2D eigenvalue weighted by Gasteiger charge is -2.49. The van der Waals surface area contributed by atoms with E-state index in [1.54, 1.807) is 5.57 Å². The molecule has 0 saturated carbocycles. The van der Waals surface area contributed by atoms with E-state index in [0.29, 0.717) is 11.3 Å². The van der Waals surface area contributed by atoms with Crippen molar-refractivity contribution in [3.05, 3.63) is 36.0 Å². The van der Waals surface area contributed by atoms with Crippen LogP contribution in [0.5, 0.6) is 0 Å². The van der Waals surface area contributed by atoms with Crippen LogP contribution in [0.1, 0.15) is 125 Å². The molecule has 0 heterocycles. The van der Waals surface area contributed by atoms with Crippen molar-refractivity contribution >= 4 is 0 Å². The zero-order chi connectivity index (χ0) is 22.7. The Bertz CT molecular complexity index is 577. The third-order valence-corrected chi connectivity index (χ3v) is 8.42. The van der Waals surface area contributed by atoms with Crippen molar-refractivity contribution in [2.24, 2.45) is 35.0 Å². The Morgan fingerprint density at radius 2 is 1.77 bits per heavy atom. The van der Waals surface area contributed by atoms with E-state index in [9.17, 15) is 0 Å². The second kappa shape index (κ2) is 13.7. The zero-order valence-corrected chi connectivity index (χ0v) is 22.0. The van der Waals surface area contributed by atoms with Crippen LogP contribution in [-0.2, 0) is 0 Å². The first-order valence-corrected chi connectivity index (χ1v) is 14.0. The molecular weight excluding hydrogens is 372 g/mol. The Labute approximate surface area is 196 Å². The normalized spacial score (nSPS) is 26.1. The van der Waals surface area contributed by atoms with Gasteiger partial charge in [-0.25, -0.2) is 0 Å². The largest absolute Gasteiger partial charge is 0.0882 e. The molecule has 2 aliphatic carbocycles. The van der Waals surface area contributed by atoms with Crippen molar-refractivity contribution in [3.8, 4) is 0 Å². The van der Waals surface area contributed by atoms with E-state index < -0.39 is 0 Å². The first kappa shape index (κ1) is 26.5. The van der Waals surface area contributed by atoms with Gasteiger partial charge in [-0.2, -0.15) is 0 Å². The molecule has 0 spiro atoms. The molecule has 0 amide bonds. The van der Waals surface area contributed by atoms with Crippen LogP contribution >= 0.6 is 0 Å². The fraction of sp³-hybridized carbons (Fsp3) is 0.806. The molecule has 0 heteroatoms. The van der Waals surface area contributed by atoms with Crippen molar-refractivity contribution in [2.45, 2.75) is 125 Å². The van der Waals surface area contributed by atoms with Crippen molar-refractivity contribution < 1.29 is 0 Å². The van der Waals surface area contributed by atoms with E-state index in [4.69, 9.17) is 0 Å². The lowest BCUT2D eigenvalue weighted by atomic mass is 9.55. The van der Waals surface area contributed by atoms with Crippen LogP contribution in [0.25, 0.3) is 0 Å². The summed E-state index contributed by atoms with van der Waals surface area (Å²) in [5.74, 6) is 4.01. The predicted molar refractivity (Wildman–Crippen MR) is 140 cm³/mol. The molecule has 0 saturated heterocycles. The average molecular weight is 427 g/mol. The molecule has 0 aliphatic heterocycles. The minimum absolute atomic E-state index is 0.329. The minimum atomic E-state index is 0.329. The molecule has 0 radical (unpaired) electrons. The first-order valence-electron chi connectivity index (χ1n) is 14.0. The lowest BCUT2D eigenvalue weighted by molar-refractivity contribution is 0.0902. The van der Waals surface area contributed by atoms with Crippen LogP contribution in [0.4, 0.5) is 0 Å². The molecular formula is C31H54. The van der Waals surface area contributed by atoms with E-state index in [1.165, 1.54) is 83.5 Å². The lowest BCUT2D eigenvalue weighted by Crippen LogP contribution is -2.40. The highest BCUT2D eigenvalue weighted by Crippen LogP contribution is 2.54. The number of hydrogen-bond acceptors (Lipinski definition) is 0. The minimum Gasteiger partial charge on any atom is -0.0882 e. The summed E-state index contributed by atoms with van der Waals surface area (Å²) in [5, 5.41) is 0. The van der Waals surface area contributed by atoms with Gasteiger partial charge in [-0.15, -0.1) is 0 Å². The van der Waals surface area contributed by atoms with Crippen molar-refractivity contribution in [2.75, 3.05) is 0 Å². The molecule has 0 fully saturated rings. The summed E-state index contributed by atoms with van der Waals surface area (Å²) >= 11 is 0. The van der Waals surface area contributed by atoms with Gasteiger partial charge in [0.15, 0.2) is 0 Å². The van der Waals surface area contributed by atoms with Crippen LogP contribution in [0, 0.1) is 35.0 Å². The Hall–Kier alpha value is -0.780. The first-order chi connectivity index (χ1) is 14.9. The topological polar surface area (TPSA) is 0 Å². The van der Waals surface area contributed by atoms with Crippen molar-refractivity contribution in [1.82, 2.24) is 0 Å². The second-order valence-corrected chi connectivity index (χ2v) is 11.5. The maximum atomic E-state index is 2.69. The predicted octanol–water partition coefficient (Wildman–Crippen LogP) is 10.3. The summed E-state index contributed by atoms with van der Waals surface area (Å²) in [6.45, 7) is 14.7. The molecule has 178 valence electrons. The molecule has 0 nitrogen and oxygen atoms in total. The number of rotatable bonds is 12. The average Bonchev–Trinajstić information content (AvgIpc) is 2.74. The van der Waals surface area contributed by atoms with Crippen LogP contribution in [0.15, 0.2) is 36.0 Å². The molecule has 0 aromatic heterocycles. The van der Waals surface area contributed by atoms with Gasteiger partial charge in [-0.05, 0) is 80.1 Å². The number of allylic oxidation sites excluding steroid dienone is 6. The summed E-state index contributed by atoms with van der Waals surface area (Å²) in [5.41, 5.74) is 2.04. The van der Waals surface area contributed by atoms with Gasteiger partial charge < -0.3 is 0 Å². The smallest absolute Gasteiger partial charge is 0.00406 e. The fourth-order valence-electron chi connectivity index (χ4n) is 6.66. The van der Waals surface area contributed by atoms with E-state index in [2.05, 4.69) is 71.9 Å². The van der Waals surface area contributed by atoms with E-state index in [1.807, 2.05) is 0 Å². The highest BCUT2D eigenvalue weighted by Gasteiger charge is 2.45. The Balaban J connectivity index is 2.50. The highest BCUT2D eigenvalue weighted by atomic mass is 14.5. The van der Waals surface area contributed by atoms with Gasteiger partial charge in [0.2, 0.25) is 0 Å². The van der Waals surface area contributed by atoms with E-state index >= 15 is 0 Å².